The zero-order chi connectivity index (χ0) is 19.9. The first kappa shape index (κ1) is 21.4. The van der Waals surface area contributed by atoms with Gasteiger partial charge in [0.25, 0.3) is 0 Å². The van der Waals surface area contributed by atoms with Crippen LogP contribution in [0.25, 0.3) is 0 Å². The molecule has 0 spiro atoms. The van der Waals surface area contributed by atoms with Crippen molar-refractivity contribution in [2.75, 3.05) is 32.0 Å². The van der Waals surface area contributed by atoms with Gasteiger partial charge in [-0.1, -0.05) is 6.92 Å². The number of carbonyl (C=O) groups is 1. The van der Waals surface area contributed by atoms with Gasteiger partial charge in [-0.25, -0.2) is 12.8 Å². The number of ether oxygens (including phenoxy) is 1. The molecule has 1 amide bonds. The molecule has 2 rings (SSSR count). The molecule has 0 radical (unpaired) electrons. The van der Waals surface area contributed by atoms with Crippen molar-refractivity contribution in [1.29, 1.82) is 0 Å². The second-order valence-corrected chi connectivity index (χ2v) is 8.95. The standard InChI is InChI=1S/C19H27FN2O4S/c1-15(12-22-9-3-2-4-19(22)23)14-27(24,25)18-7-5-17(6-8-18)26-13-16(10-20)11-21/h5-8,10,15H,2-4,9,11-14,21H2,1H3/b16-10+/t15-/m0/s1. The van der Waals surface area contributed by atoms with Crippen LogP contribution in [0.3, 0.4) is 0 Å². The zero-order valence-electron chi connectivity index (χ0n) is 15.6. The Labute approximate surface area is 160 Å². The molecule has 1 aromatic rings. The molecule has 0 unspecified atom stereocenters. The largest absolute Gasteiger partial charge is 0.489 e. The number of nitrogens with two attached hydrogens (primary N) is 1. The van der Waals surface area contributed by atoms with Gasteiger partial charge in [0.05, 0.1) is 17.0 Å². The number of rotatable bonds is 9. The fourth-order valence-corrected chi connectivity index (χ4v) is 4.61. The topological polar surface area (TPSA) is 89.7 Å². The number of amides is 1. The van der Waals surface area contributed by atoms with E-state index in [1.807, 2.05) is 6.92 Å². The van der Waals surface area contributed by atoms with Crippen LogP contribution < -0.4 is 10.5 Å². The van der Waals surface area contributed by atoms with Crippen molar-refractivity contribution in [3.05, 3.63) is 36.2 Å². The lowest BCUT2D eigenvalue weighted by Gasteiger charge is -2.29. The van der Waals surface area contributed by atoms with Crippen molar-refractivity contribution in [2.24, 2.45) is 11.7 Å². The van der Waals surface area contributed by atoms with Gasteiger partial charge in [-0.15, -0.1) is 0 Å². The molecule has 1 fully saturated rings. The van der Waals surface area contributed by atoms with E-state index in [0.29, 0.717) is 37.2 Å². The third-order valence-electron chi connectivity index (χ3n) is 4.48. The molecule has 0 bridgehead atoms. The lowest BCUT2D eigenvalue weighted by atomic mass is 10.1. The molecule has 6 nitrogen and oxygen atoms in total. The molecular formula is C19H27FN2O4S. The van der Waals surface area contributed by atoms with E-state index < -0.39 is 9.84 Å². The van der Waals surface area contributed by atoms with Crippen LogP contribution in [0, 0.1) is 5.92 Å². The van der Waals surface area contributed by atoms with E-state index in [9.17, 15) is 17.6 Å². The second-order valence-electron chi connectivity index (χ2n) is 6.92. The molecule has 1 saturated heterocycles. The van der Waals surface area contributed by atoms with E-state index in [1.165, 1.54) is 24.3 Å². The molecule has 1 aliphatic heterocycles. The quantitative estimate of drug-likeness (QED) is 0.689. The summed E-state index contributed by atoms with van der Waals surface area (Å²) in [6, 6.07) is 6.03. The maximum Gasteiger partial charge on any atom is 0.222 e. The predicted molar refractivity (Wildman–Crippen MR) is 102 cm³/mol. The molecule has 8 heteroatoms. The van der Waals surface area contributed by atoms with Gasteiger partial charge >= 0.3 is 0 Å². The molecule has 27 heavy (non-hydrogen) atoms. The molecule has 0 aromatic heterocycles. The number of hydrogen-bond acceptors (Lipinski definition) is 5. The molecule has 1 heterocycles. The molecule has 0 saturated carbocycles. The first-order valence-corrected chi connectivity index (χ1v) is 10.7. The van der Waals surface area contributed by atoms with Crippen LogP contribution in [0.15, 0.2) is 41.1 Å². The molecule has 1 aromatic carbocycles. The Balaban J connectivity index is 1.94. The van der Waals surface area contributed by atoms with Crippen LogP contribution in [-0.4, -0.2) is 51.2 Å². The Morgan fingerprint density at radius 2 is 2.04 bits per heavy atom. The van der Waals surface area contributed by atoms with Crippen molar-refractivity contribution in [3.63, 3.8) is 0 Å². The molecule has 0 aliphatic carbocycles. The van der Waals surface area contributed by atoms with Crippen LogP contribution in [0.1, 0.15) is 26.2 Å². The van der Waals surface area contributed by atoms with Gasteiger partial charge in [-0.3, -0.25) is 4.79 Å². The summed E-state index contributed by atoms with van der Waals surface area (Å²) in [5, 5.41) is 0. The van der Waals surface area contributed by atoms with Gasteiger partial charge in [0.15, 0.2) is 9.84 Å². The Kier molecular flexibility index (Phi) is 7.79. The van der Waals surface area contributed by atoms with Crippen LogP contribution >= 0.6 is 0 Å². The van der Waals surface area contributed by atoms with E-state index in [4.69, 9.17) is 10.5 Å². The average molecular weight is 399 g/mol. The lowest BCUT2D eigenvalue weighted by molar-refractivity contribution is -0.133. The fourth-order valence-electron chi connectivity index (χ4n) is 3.01. The first-order chi connectivity index (χ1) is 12.9. The normalized spacial score (nSPS) is 17.1. The third kappa shape index (κ3) is 6.32. The Hall–Kier alpha value is -1.93. The maximum absolute atomic E-state index is 12.6. The summed E-state index contributed by atoms with van der Waals surface area (Å²) in [6.07, 6.45) is 2.83. The number of benzene rings is 1. The molecular weight excluding hydrogens is 371 g/mol. The minimum atomic E-state index is -3.47. The van der Waals surface area contributed by atoms with Crippen molar-refractivity contribution >= 4 is 15.7 Å². The van der Waals surface area contributed by atoms with Crippen molar-refractivity contribution < 1.29 is 22.3 Å². The number of likely N-dealkylation sites (tertiary alicyclic amines) is 1. The van der Waals surface area contributed by atoms with Gasteiger partial charge in [0.1, 0.15) is 12.4 Å². The summed E-state index contributed by atoms with van der Waals surface area (Å²) in [7, 11) is -3.47. The maximum atomic E-state index is 12.6. The number of nitrogens with zero attached hydrogens (tertiary/aromatic N) is 1. The molecule has 1 aliphatic rings. The SMILES string of the molecule is C[C@@H](CN1CCCCC1=O)CS(=O)(=O)c1ccc(OC/C(=C/F)CN)cc1. The fraction of sp³-hybridized carbons (Fsp3) is 0.526. The van der Waals surface area contributed by atoms with Crippen molar-refractivity contribution in [2.45, 2.75) is 31.1 Å². The summed E-state index contributed by atoms with van der Waals surface area (Å²) in [5.74, 6) is 0.355. The number of hydrogen-bond donors (Lipinski definition) is 1. The smallest absolute Gasteiger partial charge is 0.222 e. The minimum absolute atomic E-state index is 0.0139. The number of carbonyl (C=O) groups excluding carboxylic acids is 1. The summed E-state index contributed by atoms with van der Waals surface area (Å²) < 4.78 is 43.1. The van der Waals surface area contributed by atoms with Crippen LogP contribution in [-0.2, 0) is 14.6 Å². The van der Waals surface area contributed by atoms with E-state index in [0.717, 1.165) is 12.8 Å². The van der Waals surface area contributed by atoms with Gasteiger partial charge in [-0.05, 0) is 43.0 Å². The van der Waals surface area contributed by atoms with E-state index in [2.05, 4.69) is 0 Å². The zero-order valence-corrected chi connectivity index (χ0v) is 16.4. The van der Waals surface area contributed by atoms with Crippen LogP contribution in [0.2, 0.25) is 0 Å². The Morgan fingerprint density at radius 3 is 2.63 bits per heavy atom. The van der Waals surface area contributed by atoms with Gasteiger partial charge in [0.2, 0.25) is 5.91 Å². The van der Waals surface area contributed by atoms with Crippen molar-refractivity contribution in [3.8, 4) is 5.75 Å². The highest BCUT2D eigenvalue weighted by Gasteiger charge is 2.24. The Morgan fingerprint density at radius 1 is 1.33 bits per heavy atom. The van der Waals surface area contributed by atoms with Gasteiger partial charge < -0.3 is 15.4 Å². The summed E-state index contributed by atoms with van der Waals surface area (Å²) >= 11 is 0. The van der Waals surface area contributed by atoms with Gasteiger partial charge in [0, 0.05) is 31.6 Å². The van der Waals surface area contributed by atoms with E-state index in [1.54, 1.807) is 4.90 Å². The molecule has 2 N–H and O–H groups in total. The van der Waals surface area contributed by atoms with Crippen LogP contribution in [0.4, 0.5) is 4.39 Å². The Bertz CT molecular complexity index is 762. The highest BCUT2D eigenvalue weighted by Crippen LogP contribution is 2.20. The third-order valence-corrected chi connectivity index (χ3v) is 6.48. The summed E-state index contributed by atoms with van der Waals surface area (Å²) in [5.41, 5.74) is 5.67. The number of halogens is 1. The summed E-state index contributed by atoms with van der Waals surface area (Å²) in [4.78, 5) is 13.8. The van der Waals surface area contributed by atoms with E-state index >= 15 is 0 Å². The molecule has 150 valence electrons. The van der Waals surface area contributed by atoms with Crippen molar-refractivity contribution in [1.82, 2.24) is 4.90 Å². The second kappa shape index (κ2) is 9.85. The number of piperidine rings is 1. The lowest BCUT2D eigenvalue weighted by Crippen LogP contribution is -2.39. The van der Waals surface area contributed by atoms with Gasteiger partial charge in [-0.2, -0.15) is 0 Å². The highest BCUT2D eigenvalue weighted by molar-refractivity contribution is 7.91. The summed E-state index contributed by atoms with van der Waals surface area (Å²) in [6.45, 7) is 3.07. The monoisotopic (exact) mass is 398 g/mol. The van der Waals surface area contributed by atoms with Crippen LogP contribution in [0.5, 0.6) is 5.75 Å². The first-order valence-electron chi connectivity index (χ1n) is 9.07. The highest BCUT2D eigenvalue weighted by atomic mass is 32.2. The minimum Gasteiger partial charge on any atom is -0.489 e. The predicted octanol–water partition coefficient (Wildman–Crippen LogP) is 2.30. The average Bonchev–Trinajstić information content (AvgIpc) is 2.64. The molecule has 1 atom stereocenters. The van der Waals surface area contributed by atoms with E-state index in [-0.39, 0.29) is 35.6 Å². The number of sulfone groups is 1.